The number of rotatable bonds is 2. The molecule has 0 aliphatic rings. The van der Waals surface area contributed by atoms with Crippen molar-refractivity contribution in [2.75, 3.05) is 0 Å². The van der Waals surface area contributed by atoms with E-state index in [9.17, 15) is 0 Å². The summed E-state index contributed by atoms with van der Waals surface area (Å²) in [5, 5.41) is 2.13. The van der Waals surface area contributed by atoms with Gasteiger partial charge in [0.05, 0.1) is 0 Å². The van der Waals surface area contributed by atoms with Gasteiger partial charge in [-0.2, -0.15) is 0 Å². The Bertz CT molecular complexity index is 1510. The summed E-state index contributed by atoms with van der Waals surface area (Å²) in [6.07, 6.45) is 0. The van der Waals surface area contributed by atoms with Crippen LogP contribution in [0.25, 0.3) is 53.1 Å². The van der Waals surface area contributed by atoms with Crippen molar-refractivity contribution in [1.82, 2.24) is 9.97 Å². The van der Waals surface area contributed by atoms with Gasteiger partial charge in [-0.3, -0.25) is 0 Å². The first-order valence-electron chi connectivity index (χ1n) is 9.51. The molecule has 4 heteroatoms. The molecule has 138 valence electrons. The number of fused-ring (bicyclic) bond motifs is 4. The summed E-state index contributed by atoms with van der Waals surface area (Å²) in [6.45, 7) is 1.98. The van der Waals surface area contributed by atoms with E-state index in [1.807, 2.05) is 13.0 Å². The van der Waals surface area contributed by atoms with E-state index in [0.29, 0.717) is 5.71 Å². The van der Waals surface area contributed by atoms with E-state index in [-0.39, 0.29) is 14.5 Å². The van der Waals surface area contributed by atoms with E-state index < -0.39 is 0 Å². The standard InChI is InChI=1S/C25H16N2OSe/c1-15-10-11-18-17-8-5-9-19(24(17)28-25(18)26-15)20-12-13-22-21(27-20)14-23(29-22)16-6-3-2-4-7-16/h2-14H,1H3. The molecule has 0 spiro atoms. The van der Waals surface area contributed by atoms with Crippen LogP contribution in [0.5, 0.6) is 0 Å². The van der Waals surface area contributed by atoms with Gasteiger partial charge >= 0.3 is 173 Å². The van der Waals surface area contributed by atoms with Gasteiger partial charge in [-0.1, -0.05) is 0 Å². The molecule has 2 aromatic carbocycles. The SMILES string of the molecule is Cc1ccc2c(n1)oc1c(-c3ccc4[se]c(-c5ccccc5)cc4n3)cccc12. The third-order valence-electron chi connectivity index (χ3n) is 5.21. The zero-order chi connectivity index (χ0) is 19.4. The number of para-hydroxylation sites is 1. The summed E-state index contributed by atoms with van der Waals surface area (Å²) in [6, 6.07) is 27.5. The third-order valence-corrected chi connectivity index (χ3v) is 7.60. The van der Waals surface area contributed by atoms with Crippen molar-refractivity contribution in [2.24, 2.45) is 0 Å². The number of aromatic nitrogens is 2. The Morgan fingerprint density at radius 3 is 2.59 bits per heavy atom. The number of hydrogen-bond acceptors (Lipinski definition) is 3. The van der Waals surface area contributed by atoms with Gasteiger partial charge in [0.1, 0.15) is 0 Å². The Morgan fingerprint density at radius 2 is 1.69 bits per heavy atom. The molecule has 4 heterocycles. The summed E-state index contributed by atoms with van der Waals surface area (Å²) in [5.74, 6) is 0. The van der Waals surface area contributed by atoms with Gasteiger partial charge in [-0.05, 0) is 0 Å². The molecule has 0 fully saturated rings. The second-order valence-corrected chi connectivity index (χ2v) is 9.42. The molecule has 0 N–H and O–H groups in total. The second kappa shape index (κ2) is 6.41. The van der Waals surface area contributed by atoms with Gasteiger partial charge in [-0.25, -0.2) is 0 Å². The predicted octanol–water partition coefficient (Wildman–Crippen LogP) is 6.23. The zero-order valence-electron chi connectivity index (χ0n) is 15.7. The van der Waals surface area contributed by atoms with Gasteiger partial charge in [0.15, 0.2) is 0 Å². The van der Waals surface area contributed by atoms with Crippen LogP contribution < -0.4 is 0 Å². The summed E-state index contributed by atoms with van der Waals surface area (Å²) < 4.78 is 8.87. The van der Waals surface area contributed by atoms with Crippen molar-refractivity contribution in [1.29, 1.82) is 0 Å². The summed E-state index contributed by atoms with van der Waals surface area (Å²) in [5.41, 5.74) is 6.79. The van der Waals surface area contributed by atoms with Crippen molar-refractivity contribution >= 4 is 46.3 Å². The van der Waals surface area contributed by atoms with E-state index in [1.54, 1.807) is 0 Å². The van der Waals surface area contributed by atoms with Crippen molar-refractivity contribution in [3.8, 4) is 21.3 Å². The molecular weight excluding hydrogens is 423 g/mol. The normalized spacial score (nSPS) is 11.6. The predicted molar refractivity (Wildman–Crippen MR) is 119 cm³/mol. The number of aryl methyl sites for hydroxylation is 1. The molecule has 0 aliphatic heterocycles. The molecule has 4 aromatic heterocycles. The molecule has 0 bridgehead atoms. The molecular formula is C25H16N2OSe. The van der Waals surface area contributed by atoms with E-state index in [1.165, 1.54) is 14.3 Å². The molecule has 29 heavy (non-hydrogen) atoms. The van der Waals surface area contributed by atoms with E-state index >= 15 is 0 Å². The van der Waals surface area contributed by atoms with Crippen LogP contribution in [0.2, 0.25) is 0 Å². The molecule has 3 nitrogen and oxygen atoms in total. The molecule has 0 aliphatic carbocycles. The van der Waals surface area contributed by atoms with Crippen LogP contribution in [0.15, 0.2) is 83.3 Å². The summed E-state index contributed by atoms with van der Waals surface area (Å²) in [4.78, 5) is 9.55. The minimum atomic E-state index is 0.287. The monoisotopic (exact) mass is 440 g/mol. The Labute approximate surface area is 173 Å². The molecule has 0 saturated heterocycles. The van der Waals surface area contributed by atoms with Crippen LogP contribution in [0, 0.1) is 6.92 Å². The first-order chi connectivity index (χ1) is 14.3. The maximum atomic E-state index is 6.17. The Balaban J connectivity index is 1.54. The fourth-order valence-electron chi connectivity index (χ4n) is 3.79. The Kier molecular flexibility index (Phi) is 3.70. The van der Waals surface area contributed by atoms with Crippen molar-refractivity contribution in [3.05, 3.63) is 84.6 Å². The Morgan fingerprint density at radius 1 is 0.793 bits per heavy atom. The molecule has 6 rings (SSSR count). The average molecular weight is 439 g/mol. The van der Waals surface area contributed by atoms with Crippen LogP contribution in [-0.2, 0) is 0 Å². The molecule has 0 saturated carbocycles. The van der Waals surface area contributed by atoms with E-state index in [4.69, 9.17) is 9.40 Å². The first-order valence-corrected chi connectivity index (χ1v) is 11.2. The van der Waals surface area contributed by atoms with Crippen LogP contribution in [0.4, 0.5) is 0 Å². The number of furan rings is 1. The first kappa shape index (κ1) is 16.7. The second-order valence-electron chi connectivity index (χ2n) is 7.15. The zero-order valence-corrected chi connectivity index (χ0v) is 17.4. The van der Waals surface area contributed by atoms with Gasteiger partial charge in [-0.15, -0.1) is 0 Å². The van der Waals surface area contributed by atoms with Gasteiger partial charge < -0.3 is 0 Å². The van der Waals surface area contributed by atoms with Crippen molar-refractivity contribution in [3.63, 3.8) is 0 Å². The quantitative estimate of drug-likeness (QED) is 0.300. The van der Waals surface area contributed by atoms with Crippen LogP contribution in [0.3, 0.4) is 0 Å². The fourth-order valence-corrected chi connectivity index (χ4v) is 5.90. The number of hydrogen-bond donors (Lipinski definition) is 0. The summed E-state index contributed by atoms with van der Waals surface area (Å²) in [7, 11) is 0. The van der Waals surface area contributed by atoms with Crippen LogP contribution >= 0.6 is 0 Å². The van der Waals surface area contributed by atoms with Crippen molar-refractivity contribution < 1.29 is 4.42 Å². The number of pyridine rings is 2. The molecule has 0 radical (unpaired) electrons. The average Bonchev–Trinajstić information content (AvgIpc) is 3.34. The molecule has 0 amide bonds. The van der Waals surface area contributed by atoms with Crippen LogP contribution in [-0.4, -0.2) is 24.5 Å². The van der Waals surface area contributed by atoms with Gasteiger partial charge in [0.2, 0.25) is 0 Å². The van der Waals surface area contributed by atoms with Crippen LogP contribution in [0.1, 0.15) is 5.69 Å². The molecule has 0 unspecified atom stereocenters. The maximum absolute atomic E-state index is 6.17. The molecule has 0 atom stereocenters. The number of nitrogens with zero attached hydrogens (tertiary/aromatic N) is 2. The van der Waals surface area contributed by atoms with E-state index in [2.05, 4.69) is 77.8 Å². The topological polar surface area (TPSA) is 38.9 Å². The Hall–Kier alpha value is -3.20. The molecule has 6 aromatic rings. The van der Waals surface area contributed by atoms with Crippen molar-refractivity contribution in [2.45, 2.75) is 6.92 Å². The number of benzene rings is 2. The van der Waals surface area contributed by atoms with E-state index in [0.717, 1.165) is 38.8 Å². The van der Waals surface area contributed by atoms with Gasteiger partial charge in [0, 0.05) is 0 Å². The fraction of sp³-hybridized carbons (Fsp3) is 0.0400. The summed E-state index contributed by atoms with van der Waals surface area (Å²) >= 11 is 0.287. The minimum absolute atomic E-state index is 0.287. The van der Waals surface area contributed by atoms with Gasteiger partial charge in [0.25, 0.3) is 0 Å². The third kappa shape index (κ3) is 2.72.